The molecule has 2 aromatic carbocycles. The Bertz CT molecular complexity index is 1040. The Hall–Kier alpha value is -3.32. The van der Waals surface area contributed by atoms with Gasteiger partial charge in [-0.1, -0.05) is 17.8 Å². The van der Waals surface area contributed by atoms with Crippen LogP contribution in [-0.2, 0) is 0 Å². The standard InChI is InChI=1S/C22H21N3O3S/c1-14-6-11-18(13-15(14)2)29-22-19(5-4-12-23-22)21(27)25-24-20(26)16-7-9-17(28-3)10-8-16/h4-13H,1-3H3,(H,24,26)(H,25,27). The fourth-order valence-electron chi connectivity index (χ4n) is 2.53. The number of carbonyl (C=O) groups is 2. The maximum Gasteiger partial charge on any atom is 0.272 e. The molecule has 0 bridgehead atoms. The van der Waals surface area contributed by atoms with Crippen molar-refractivity contribution in [1.29, 1.82) is 0 Å². The Morgan fingerprint density at radius 3 is 2.34 bits per heavy atom. The maximum absolute atomic E-state index is 12.6. The summed E-state index contributed by atoms with van der Waals surface area (Å²) >= 11 is 1.40. The summed E-state index contributed by atoms with van der Waals surface area (Å²) in [6.45, 7) is 4.09. The second-order valence-corrected chi connectivity index (χ2v) is 7.40. The van der Waals surface area contributed by atoms with E-state index < -0.39 is 11.8 Å². The summed E-state index contributed by atoms with van der Waals surface area (Å²) < 4.78 is 5.07. The highest BCUT2D eigenvalue weighted by Crippen LogP contribution is 2.29. The highest BCUT2D eigenvalue weighted by atomic mass is 32.2. The van der Waals surface area contributed by atoms with E-state index in [9.17, 15) is 9.59 Å². The van der Waals surface area contributed by atoms with Crippen molar-refractivity contribution in [2.75, 3.05) is 7.11 Å². The zero-order chi connectivity index (χ0) is 20.8. The minimum atomic E-state index is -0.439. The van der Waals surface area contributed by atoms with Crippen molar-refractivity contribution < 1.29 is 14.3 Å². The first-order valence-corrected chi connectivity index (χ1v) is 9.74. The third kappa shape index (κ3) is 5.14. The average Bonchev–Trinajstić information content (AvgIpc) is 2.75. The van der Waals surface area contributed by atoms with Crippen molar-refractivity contribution in [1.82, 2.24) is 15.8 Å². The molecule has 1 aromatic heterocycles. The number of carbonyl (C=O) groups excluding carboxylic acids is 2. The summed E-state index contributed by atoms with van der Waals surface area (Å²) in [6, 6.07) is 16.0. The number of nitrogens with one attached hydrogen (secondary N) is 2. The van der Waals surface area contributed by atoms with Crippen LogP contribution in [0.1, 0.15) is 31.8 Å². The van der Waals surface area contributed by atoms with E-state index in [1.165, 1.54) is 22.9 Å². The second-order valence-electron chi connectivity index (χ2n) is 6.34. The lowest BCUT2D eigenvalue weighted by atomic mass is 10.1. The molecular weight excluding hydrogens is 386 g/mol. The van der Waals surface area contributed by atoms with Gasteiger partial charge in [-0.2, -0.15) is 0 Å². The van der Waals surface area contributed by atoms with Gasteiger partial charge in [-0.15, -0.1) is 0 Å². The number of aryl methyl sites for hydroxylation is 2. The first-order chi connectivity index (χ1) is 14.0. The SMILES string of the molecule is COc1ccc(C(=O)NNC(=O)c2cccnc2Sc2ccc(C)c(C)c2)cc1. The Morgan fingerprint density at radius 1 is 0.931 bits per heavy atom. The normalized spacial score (nSPS) is 10.3. The molecule has 0 radical (unpaired) electrons. The molecule has 0 aliphatic rings. The molecule has 0 fully saturated rings. The number of methoxy groups -OCH3 is 1. The highest BCUT2D eigenvalue weighted by molar-refractivity contribution is 7.99. The van der Waals surface area contributed by atoms with Gasteiger partial charge in [0.25, 0.3) is 11.8 Å². The Kier molecular flexibility index (Phi) is 6.51. The zero-order valence-corrected chi connectivity index (χ0v) is 17.2. The van der Waals surface area contributed by atoms with Gasteiger partial charge in [0.1, 0.15) is 10.8 Å². The van der Waals surface area contributed by atoms with Gasteiger partial charge in [-0.3, -0.25) is 20.4 Å². The number of ether oxygens (including phenoxy) is 1. The number of nitrogens with zero attached hydrogens (tertiary/aromatic N) is 1. The minimum absolute atomic E-state index is 0.380. The molecule has 2 N–H and O–H groups in total. The van der Waals surface area contributed by atoms with E-state index in [0.29, 0.717) is 21.9 Å². The molecule has 29 heavy (non-hydrogen) atoms. The predicted octanol–water partition coefficient (Wildman–Crippen LogP) is 3.93. The number of pyridine rings is 1. The van der Waals surface area contributed by atoms with Crippen LogP contribution in [-0.4, -0.2) is 23.9 Å². The number of hydrogen-bond acceptors (Lipinski definition) is 5. The van der Waals surface area contributed by atoms with E-state index in [2.05, 4.69) is 28.8 Å². The van der Waals surface area contributed by atoms with Crippen LogP contribution in [0.4, 0.5) is 0 Å². The number of rotatable bonds is 5. The minimum Gasteiger partial charge on any atom is -0.497 e. The molecule has 0 spiro atoms. The van der Waals surface area contributed by atoms with Gasteiger partial charge < -0.3 is 4.74 Å². The molecule has 0 atom stereocenters. The first-order valence-electron chi connectivity index (χ1n) is 8.93. The van der Waals surface area contributed by atoms with Crippen LogP contribution in [0.15, 0.2) is 70.7 Å². The van der Waals surface area contributed by atoms with Gasteiger partial charge in [0, 0.05) is 16.7 Å². The summed E-state index contributed by atoms with van der Waals surface area (Å²) in [7, 11) is 1.55. The predicted molar refractivity (Wildman–Crippen MR) is 112 cm³/mol. The van der Waals surface area contributed by atoms with Crippen molar-refractivity contribution in [3.8, 4) is 5.75 Å². The highest BCUT2D eigenvalue weighted by Gasteiger charge is 2.15. The summed E-state index contributed by atoms with van der Waals surface area (Å²) in [5, 5.41) is 0.562. The molecule has 0 aliphatic heterocycles. The largest absolute Gasteiger partial charge is 0.497 e. The second kappa shape index (κ2) is 9.25. The number of amides is 2. The Morgan fingerprint density at radius 2 is 1.66 bits per heavy atom. The summed E-state index contributed by atoms with van der Waals surface area (Å²) in [5.74, 6) is -0.214. The molecule has 7 heteroatoms. The lowest BCUT2D eigenvalue weighted by Crippen LogP contribution is -2.41. The molecule has 0 aliphatic carbocycles. The Labute approximate surface area is 173 Å². The molecule has 148 valence electrons. The first kappa shape index (κ1) is 20.4. The van der Waals surface area contributed by atoms with Gasteiger partial charge in [0.05, 0.1) is 12.7 Å². The van der Waals surface area contributed by atoms with Crippen LogP contribution >= 0.6 is 11.8 Å². The van der Waals surface area contributed by atoms with Crippen LogP contribution in [0.25, 0.3) is 0 Å². The lowest BCUT2D eigenvalue weighted by Gasteiger charge is -2.11. The molecule has 0 unspecified atom stereocenters. The van der Waals surface area contributed by atoms with Crippen LogP contribution in [0.2, 0.25) is 0 Å². The number of hydrazine groups is 1. The quantitative estimate of drug-likeness (QED) is 0.627. The average molecular weight is 407 g/mol. The molecular formula is C22H21N3O3S. The number of aromatic nitrogens is 1. The van der Waals surface area contributed by atoms with Crippen molar-refractivity contribution in [2.45, 2.75) is 23.8 Å². The Balaban J connectivity index is 1.69. The van der Waals surface area contributed by atoms with Crippen LogP contribution < -0.4 is 15.6 Å². The maximum atomic E-state index is 12.6. The van der Waals surface area contributed by atoms with Gasteiger partial charge in [0.15, 0.2) is 0 Å². The topological polar surface area (TPSA) is 80.3 Å². The summed E-state index contributed by atoms with van der Waals surface area (Å²) in [4.78, 5) is 30.2. The molecule has 3 aromatic rings. The van der Waals surface area contributed by atoms with Crippen LogP contribution in [0.5, 0.6) is 5.75 Å². The summed E-state index contributed by atoms with van der Waals surface area (Å²) in [6.07, 6.45) is 1.64. The van der Waals surface area contributed by atoms with E-state index in [1.54, 1.807) is 49.7 Å². The molecule has 2 amide bonds. The van der Waals surface area contributed by atoms with E-state index in [0.717, 1.165) is 4.90 Å². The molecule has 3 rings (SSSR count). The van der Waals surface area contributed by atoms with Crippen molar-refractivity contribution in [3.05, 3.63) is 83.0 Å². The van der Waals surface area contributed by atoms with E-state index in [4.69, 9.17) is 4.74 Å². The molecule has 6 nitrogen and oxygen atoms in total. The van der Waals surface area contributed by atoms with Crippen molar-refractivity contribution in [3.63, 3.8) is 0 Å². The number of benzene rings is 2. The molecule has 0 saturated heterocycles. The van der Waals surface area contributed by atoms with Crippen molar-refractivity contribution in [2.24, 2.45) is 0 Å². The van der Waals surface area contributed by atoms with E-state index in [-0.39, 0.29) is 0 Å². The number of hydrogen-bond donors (Lipinski definition) is 2. The zero-order valence-electron chi connectivity index (χ0n) is 16.4. The third-order valence-corrected chi connectivity index (χ3v) is 5.36. The fraction of sp³-hybridized carbons (Fsp3) is 0.136. The lowest BCUT2D eigenvalue weighted by molar-refractivity contribution is 0.0844. The summed E-state index contributed by atoms with van der Waals surface area (Å²) in [5.41, 5.74) is 8.03. The third-order valence-electron chi connectivity index (χ3n) is 4.35. The monoisotopic (exact) mass is 407 g/mol. The van der Waals surface area contributed by atoms with Crippen LogP contribution in [0, 0.1) is 13.8 Å². The van der Waals surface area contributed by atoms with Gasteiger partial charge in [0.2, 0.25) is 0 Å². The van der Waals surface area contributed by atoms with Gasteiger partial charge in [-0.05, 0) is 73.5 Å². The van der Waals surface area contributed by atoms with Gasteiger partial charge in [-0.25, -0.2) is 4.98 Å². The van der Waals surface area contributed by atoms with Crippen molar-refractivity contribution >= 4 is 23.6 Å². The van der Waals surface area contributed by atoms with E-state index in [1.807, 2.05) is 19.1 Å². The van der Waals surface area contributed by atoms with Gasteiger partial charge >= 0.3 is 0 Å². The smallest absolute Gasteiger partial charge is 0.272 e. The molecule has 1 heterocycles. The molecule has 0 saturated carbocycles. The van der Waals surface area contributed by atoms with E-state index >= 15 is 0 Å². The van der Waals surface area contributed by atoms with Crippen LogP contribution in [0.3, 0.4) is 0 Å². The fourth-order valence-corrected chi connectivity index (χ4v) is 3.51.